The van der Waals surface area contributed by atoms with Gasteiger partial charge >= 0.3 is 0 Å². The molecular formula is C23H48. The zero-order valence-electron chi connectivity index (χ0n) is 18.9. The Morgan fingerprint density at radius 2 is 1.04 bits per heavy atom. The molecule has 0 aromatic rings. The maximum atomic E-state index is 2.52. The van der Waals surface area contributed by atoms with Gasteiger partial charge in [-0.25, -0.2) is 0 Å². The van der Waals surface area contributed by atoms with Crippen molar-refractivity contribution >= 4 is 0 Å². The number of hydrogen-bond donors (Lipinski definition) is 0. The van der Waals surface area contributed by atoms with E-state index in [1.54, 1.807) is 0 Å². The van der Waals surface area contributed by atoms with Crippen LogP contribution < -0.4 is 0 Å². The lowest BCUT2D eigenvalue weighted by Gasteiger charge is -2.56. The summed E-state index contributed by atoms with van der Waals surface area (Å²) in [5.74, 6) is 2.22. The van der Waals surface area contributed by atoms with Crippen LogP contribution in [-0.4, -0.2) is 0 Å². The van der Waals surface area contributed by atoms with Gasteiger partial charge in [-0.05, 0) is 45.8 Å². The number of hydrogen-bond acceptors (Lipinski definition) is 0. The van der Waals surface area contributed by atoms with Gasteiger partial charge in [-0.1, -0.05) is 103 Å². The second-order valence-electron chi connectivity index (χ2n) is 11.3. The molecule has 0 heterocycles. The molecule has 0 fully saturated rings. The van der Waals surface area contributed by atoms with Crippen LogP contribution in [0.3, 0.4) is 0 Å². The standard InChI is InChI=1S/C23H48/c1-14-17(2)15-16-21(8,9)19(4)23(12,13)22(10,11)18(3)20(5,6)7/h17-19H,14-16H2,1-13H3. The molecular weight excluding hydrogens is 276 g/mol. The van der Waals surface area contributed by atoms with Crippen LogP contribution in [-0.2, 0) is 0 Å². The van der Waals surface area contributed by atoms with Crippen molar-refractivity contribution in [2.45, 2.75) is 109 Å². The van der Waals surface area contributed by atoms with Crippen LogP contribution in [0.4, 0.5) is 0 Å². The summed E-state index contributed by atoms with van der Waals surface area (Å²) in [7, 11) is 0. The Labute approximate surface area is 149 Å². The van der Waals surface area contributed by atoms with E-state index in [0.29, 0.717) is 33.5 Å². The van der Waals surface area contributed by atoms with Crippen LogP contribution in [0, 0.1) is 39.4 Å². The third-order valence-corrected chi connectivity index (χ3v) is 8.28. The molecule has 0 nitrogen and oxygen atoms in total. The zero-order valence-corrected chi connectivity index (χ0v) is 18.9. The molecule has 0 radical (unpaired) electrons. The summed E-state index contributed by atoms with van der Waals surface area (Å²) in [6.07, 6.45) is 4.01. The lowest BCUT2D eigenvalue weighted by atomic mass is 9.48. The number of rotatable bonds is 8. The zero-order chi connectivity index (χ0) is 18.9. The summed E-state index contributed by atoms with van der Waals surface area (Å²) >= 11 is 0. The highest BCUT2D eigenvalue weighted by molar-refractivity contribution is 4.99. The van der Waals surface area contributed by atoms with Crippen LogP contribution in [0.2, 0.25) is 0 Å². The first-order chi connectivity index (χ1) is 10.0. The SMILES string of the molecule is CCC(C)CCC(C)(C)C(C)C(C)(C)C(C)(C)C(C)C(C)(C)C. The van der Waals surface area contributed by atoms with Gasteiger partial charge in [-0.2, -0.15) is 0 Å². The van der Waals surface area contributed by atoms with E-state index in [4.69, 9.17) is 0 Å². The normalized spacial score (nSPS) is 18.7. The molecule has 0 amide bonds. The average Bonchev–Trinajstić information content (AvgIpc) is 2.41. The first kappa shape index (κ1) is 23.0. The third kappa shape index (κ3) is 5.23. The van der Waals surface area contributed by atoms with Crippen LogP contribution in [0.5, 0.6) is 0 Å². The van der Waals surface area contributed by atoms with Crippen molar-refractivity contribution < 1.29 is 0 Å². The molecule has 0 saturated carbocycles. The summed E-state index contributed by atoms with van der Waals surface area (Å²) < 4.78 is 0. The van der Waals surface area contributed by atoms with Crippen molar-refractivity contribution in [2.75, 3.05) is 0 Å². The smallest absolute Gasteiger partial charge is 0.0269 e. The Kier molecular flexibility index (Phi) is 7.49. The van der Waals surface area contributed by atoms with Crippen LogP contribution in [0.15, 0.2) is 0 Å². The van der Waals surface area contributed by atoms with Gasteiger partial charge in [0.05, 0.1) is 0 Å². The minimum Gasteiger partial charge on any atom is -0.0651 e. The molecule has 0 heteroatoms. The van der Waals surface area contributed by atoms with E-state index in [0.717, 1.165) is 5.92 Å². The average molecular weight is 325 g/mol. The van der Waals surface area contributed by atoms with Crippen molar-refractivity contribution in [3.63, 3.8) is 0 Å². The van der Waals surface area contributed by atoms with Gasteiger partial charge in [0.25, 0.3) is 0 Å². The topological polar surface area (TPSA) is 0 Å². The van der Waals surface area contributed by atoms with Gasteiger partial charge in [0.15, 0.2) is 0 Å². The maximum Gasteiger partial charge on any atom is -0.0269 e. The third-order valence-electron chi connectivity index (χ3n) is 8.28. The summed E-state index contributed by atoms with van der Waals surface area (Å²) in [5, 5.41) is 0. The Morgan fingerprint density at radius 3 is 1.39 bits per heavy atom. The summed E-state index contributed by atoms with van der Waals surface area (Å²) in [6, 6.07) is 0. The minimum absolute atomic E-state index is 0.304. The Bertz CT molecular complexity index is 351. The summed E-state index contributed by atoms with van der Waals surface area (Å²) in [4.78, 5) is 0. The van der Waals surface area contributed by atoms with E-state index in [1.807, 2.05) is 0 Å². The van der Waals surface area contributed by atoms with E-state index in [1.165, 1.54) is 19.3 Å². The maximum absolute atomic E-state index is 2.52. The molecule has 0 aromatic carbocycles. The highest BCUT2D eigenvalue weighted by Crippen LogP contribution is 2.58. The van der Waals surface area contributed by atoms with Gasteiger partial charge in [0.1, 0.15) is 0 Å². The Hall–Kier alpha value is 0. The molecule has 0 aromatic heterocycles. The first-order valence-corrected chi connectivity index (χ1v) is 10.0. The molecule has 0 aliphatic heterocycles. The molecule has 0 aliphatic rings. The second-order valence-corrected chi connectivity index (χ2v) is 11.3. The summed E-state index contributed by atoms with van der Waals surface area (Å²) in [5.41, 5.74) is 1.35. The monoisotopic (exact) mass is 324 g/mol. The van der Waals surface area contributed by atoms with E-state index in [-0.39, 0.29) is 0 Å². The van der Waals surface area contributed by atoms with E-state index >= 15 is 0 Å². The van der Waals surface area contributed by atoms with Gasteiger partial charge in [-0.15, -0.1) is 0 Å². The molecule has 140 valence electrons. The van der Waals surface area contributed by atoms with Gasteiger partial charge in [0, 0.05) is 0 Å². The summed E-state index contributed by atoms with van der Waals surface area (Å²) in [6.45, 7) is 31.9. The Balaban J connectivity index is 5.38. The molecule has 3 unspecified atom stereocenters. The van der Waals surface area contributed by atoms with Crippen molar-refractivity contribution in [3.05, 3.63) is 0 Å². The molecule has 3 atom stereocenters. The molecule has 0 saturated heterocycles. The van der Waals surface area contributed by atoms with Gasteiger partial charge in [-0.3, -0.25) is 0 Å². The van der Waals surface area contributed by atoms with Crippen LogP contribution >= 0.6 is 0 Å². The van der Waals surface area contributed by atoms with E-state index in [9.17, 15) is 0 Å². The molecule has 0 rings (SSSR count). The highest BCUT2D eigenvalue weighted by atomic mass is 14.6. The second kappa shape index (κ2) is 7.49. The van der Waals surface area contributed by atoms with Crippen molar-refractivity contribution in [3.8, 4) is 0 Å². The van der Waals surface area contributed by atoms with Crippen molar-refractivity contribution in [1.82, 2.24) is 0 Å². The fourth-order valence-corrected chi connectivity index (χ4v) is 4.21. The highest BCUT2D eigenvalue weighted by Gasteiger charge is 2.50. The molecule has 0 N–H and O–H groups in total. The quantitative estimate of drug-likeness (QED) is 0.422. The van der Waals surface area contributed by atoms with Crippen LogP contribution in [0.25, 0.3) is 0 Å². The van der Waals surface area contributed by atoms with E-state index < -0.39 is 0 Å². The predicted molar refractivity (Wildman–Crippen MR) is 108 cm³/mol. The Morgan fingerprint density at radius 1 is 0.652 bits per heavy atom. The van der Waals surface area contributed by atoms with Crippen molar-refractivity contribution in [1.29, 1.82) is 0 Å². The first-order valence-electron chi connectivity index (χ1n) is 10.0. The minimum atomic E-state index is 0.304. The van der Waals surface area contributed by atoms with Crippen molar-refractivity contribution in [2.24, 2.45) is 39.4 Å². The van der Waals surface area contributed by atoms with Gasteiger partial charge in [0.2, 0.25) is 0 Å². The van der Waals surface area contributed by atoms with Crippen LogP contribution in [0.1, 0.15) is 109 Å². The lowest BCUT2D eigenvalue weighted by molar-refractivity contribution is -0.0776. The molecule has 0 aliphatic carbocycles. The predicted octanol–water partition coefficient (Wildman–Crippen LogP) is 8.21. The fraction of sp³-hybridized carbons (Fsp3) is 1.00. The molecule has 0 bridgehead atoms. The fourth-order valence-electron chi connectivity index (χ4n) is 4.21. The lowest BCUT2D eigenvalue weighted by Crippen LogP contribution is -2.49. The van der Waals surface area contributed by atoms with Gasteiger partial charge < -0.3 is 0 Å². The van der Waals surface area contributed by atoms with E-state index in [2.05, 4.69) is 90.0 Å². The molecule has 23 heavy (non-hydrogen) atoms. The molecule has 0 spiro atoms. The largest absolute Gasteiger partial charge is 0.0651 e.